The fourth-order valence-electron chi connectivity index (χ4n) is 12.5. The third kappa shape index (κ3) is 3.16. The Hall–Kier alpha value is -0.940. The zero-order chi connectivity index (χ0) is 26.9. The number of Topliss-reactive ketones (excluding diaryl/α,β-unsaturated/α-hetero) is 1. The van der Waals surface area contributed by atoms with Gasteiger partial charge in [0.05, 0.1) is 17.8 Å². The molecule has 5 nitrogen and oxygen atoms in total. The van der Waals surface area contributed by atoms with Crippen LogP contribution in [0.2, 0.25) is 0 Å². The maximum absolute atomic E-state index is 13.0. The van der Waals surface area contributed by atoms with Crippen molar-refractivity contribution in [1.29, 1.82) is 0 Å². The van der Waals surface area contributed by atoms with Crippen LogP contribution < -0.4 is 0 Å². The number of carbonyl (C=O) groups is 2. The summed E-state index contributed by atoms with van der Waals surface area (Å²) in [6.07, 6.45) is 8.04. The number of rotatable bonds is 3. The minimum absolute atomic E-state index is 0.159. The van der Waals surface area contributed by atoms with Gasteiger partial charge in [-0.15, -0.1) is 0 Å². The van der Waals surface area contributed by atoms with Crippen molar-refractivity contribution in [3.63, 3.8) is 0 Å². The highest BCUT2D eigenvalue weighted by atomic mass is 16.6. The van der Waals surface area contributed by atoms with Crippen molar-refractivity contribution in [2.75, 3.05) is 0 Å². The summed E-state index contributed by atoms with van der Waals surface area (Å²) in [6.45, 7) is 16.8. The lowest BCUT2D eigenvalue weighted by atomic mass is 9.46. The van der Waals surface area contributed by atoms with Crippen molar-refractivity contribution < 1.29 is 24.2 Å². The Balaban J connectivity index is 1.30. The molecule has 0 amide bonds. The second-order valence-electron chi connectivity index (χ2n) is 15.7. The van der Waals surface area contributed by atoms with E-state index in [1.165, 1.54) is 32.6 Å². The lowest BCUT2D eigenvalue weighted by molar-refractivity contribution is -0.208. The van der Waals surface area contributed by atoms with Gasteiger partial charge in [-0.3, -0.25) is 9.59 Å². The number of hydrogen-bond acceptors (Lipinski definition) is 5. The smallest absolute Gasteiger partial charge is 0.303 e. The molecule has 37 heavy (non-hydrogen) atoms. The summed E-state index contributed by atoms with van der Waals surface area (Å²) in [5.41, 5.74) is -0.298. The van der Waals surface area contributed by atoms with E-state index < -0.39 is 11.7 Å². The number of ether oxygens (including phenoxy) is 2. The van der Waals surface area contributed by atoms with Gasteiger partial charge in [0, 0.05) is 18.8 Å². The van der Waals surface area contributed by atoms with Gasteiger partial charge in [-0.25, -0.2) is 0 Å². The Labute approximate surface area is 223 Å². The average molecular weight is 515 g/mol. The molecule has 6 rings (SSSR count). The van der Waals surface area contributed by atoms with Crippen LogP contribution in [0.25, 0.3) is 0 Å². The van der Waals surface area contributed by atoms with Crippen LogP contribution in [-0.2, 0) is 19.1 Å². The van der Waals surface area contributed by atoms with Gasteiger partial charge in [0.1, 0.15) is 5.78 Å². The summed E-state index contributed by atoms with van der Waals surface area (Å²) in [6, 6.07) is 0. The van der Waals surface area contributed by atoms with E-state index in [4.69, 9.17) is 9.47 Å². The third-order valence-electron chi connectivity index (χ3n) is 13.7. The molecule has 5 heteroatoms. The monoisotopic (exact) mass is 514 g/mol. The van der Waals surface area contributed by atoms with Crippen LogP contribution in [0.15, 0.2) is 0 Å². The Morgan fingerprint density at radius 1 is 1.05 bits per heavy atom. The fourth-order valence-corrected chi connectivity index (χ4v) is 12.5. The van der Waals surface area contributed by atoms with E-state index in [2.05, 4.69) is 34.6 Å². The van der Waals surface area contributed by atoms with Crippen molar-refractivity contribution in [3.8, 4) is 0 Å². The van der Waals surface area contributed by atoms with E-state index in [0.29, 0.717) is 46.2 Å². The zero-order valence-corrected chi connectivity index (χ0v) is 24.4. The molecule has 1 N–H and O–H groups in total. The second kappa shape index (κ2) is 7.83. The van der Waals surface area contributed by atoms with E-state index in [1.54, 1.807) is 13.8 Å². The predicted octanol–water partition coefficient (Wildman–Crippen LogP) is 5.96. The Morgan fingerprint density at radius 3 is 2.41 bits per heavy atom. The highest BCUT2D eigenvalue weighted by Crippen LogP contribution is 2.89. The van der Waals surface area contributed by atoms with E-state index >= 15 is 0 Å². The normalized spacial score (nSPS) is 52.6. The van der Waals surface area contributed by atoms with Gasteiger partial charge in [-0.2, -0.15) is 0 Å². The van der Waals surface area contributed by atoms with Gasteiger partial charge in [0.2, 0.25) is 0 Å². The molecule has 2 spiro atoms. The van der Waals surface area contributed by atoms with Crippen molar-refractivity contribution in [1.82, 2.24) is 0 Å². The molecule has 5 unspecified atom stereocenters. The van der Waals surface area contributed by atoms with Gasteiger partial charge >= 0.3 is 5.97 Å². The Kier molecular flexibility index (Phi) is 5.57. The highest BCUT2D eigenvalue weighted by Gasteiger charge is 2.84. The molecule has 1 saturated heterocycles. The molecular weight excluding hydrogens is 464 g/mol. The number of aliphatic hydroxyl groups is 1. The molecule has 0 radical (unpaired) electrons. The van der Waals surface area contributed by atoms with Gasteiger partial charge in [-0.05, 0) is 111 Å². The minimum Gasteiger partial charge on any atom is -0.457 e. The van der Waals surface area contributed by atoms with Crippen molar-refractivity contribution >= 4 is 11.8 Å². The molecule has 12 atom stereocenters. The van der Waals surface area contributed by atoms with Crippen molar-refractivity contribution in [2.45, 2.75) is 131 Å². The molecule has 6 aliphatic rings. The Morgan fingerprint density at radius 2 is 1.76 bits per heavy atom. The molecule has 0 aromatic heterocycles. The van der Waals surface area contributed by atoms with Crippen molar-refractivity contribution in [3.05, 3.63) is 0 Å². The molecule has 6 fully saturated rings. The second-order valence-corrected chi connectivity index (χ2v) is 15.7. The Bertz CT molecular complexity index is 996. The van der Waals surface area contributed by atoms with Crippen LogP contribution in [0, 0.1) is 57.2 Å². The number of hydrogen-bond donors (Lipinski definition) is 1. The summed E-state index contributed by atoms with van der Waals surface area (Å²) in [7, 11) is 0. The summed E-state index contributed by atoms with van der Waals surface area (Å²) in [5.74, 6) is 3.72. The molecule has 5 aliphatic carbocycles. The van der Waals surface area contributed by atoms with Gasteiger partial charge in [0.25, 0.3) is 0 Å². The van der Waals surface area contributed by atoms with Gasteiger partial charge < -0.3 is 14.6 Å². The van der Waals surface area contributed by atoms with Crippen LogP contribution >= 0.6 is 0 Å². The van der Waals surface area contributed by atoms with E-state index in [0.717, 1.165) is 31.6 Å². The number of esters is 1. The van der Waals surface area contributed by atoms with Crippen LogP contribution in [-0.4, -0.2) is 40.8 Å². The van der Waals surface area contributed by atoms with E-state index in [9.17, 15) is 14.7 Å². The zero-order valence-electron chi connectivity index (χ0n) is 24.4. The molecule has 0 bridgehead atoms. The first-order valence-electron chi connectivity index (χ1n) is 15.2. The summed E-state index contributed by atoms with van der Waals surface area (Å²) >= 11 is 0. The van der Waals surface area contributed by atoms with Crippen LogP contribution in [0.1, 0.15) is 107 Å². The molecule has 0 aromatic rings. The van der Waals surface area contributed by atoms with Crippen LogP contribution in [0.4, 0.5) is 0 Å². The van der Waals surface area contributed by atoms with E-state index in [-0.39, 0.29) is 29.0 Å². The summed E-state index contributed by atoms with van der Waals surface area (Å²) in [5, 5.41) is 10.9. The molecule has 1 heterocycles. The molecular formula is C32H50O5. The number of ketones is 1. The lowest BCUT2D eigenvalue weighted by Gasteiger charge is -2.58. The lowest BCUT2D eigenvalue weighted by Crippen LogP contribution is -2.55. The average Bonchev–Trinajstić information content (AvgIpc) is 3.15. The maximum Gasteiger partial charge on any atom is 0.303 e. The highest BCUT2D eigenvalue weighted by molar-refractivity contribution is 5.86. The van der Waals surface area contributed by atoms with Crippen LogP contribution in [0.5, 0.6) is 0 Å². The predicted molar refractivity (Wildman–Crippen MR) is 141 cm³/mol. The SMILES string of the molecule is CC(=O)O[C@@H](C1C[C@@H](C)C2C(CC3[C@@H]4CCC5C(C)(C)C(=O)CC[C@@]56[C@@H](C)[C@@]46CC[C@]23C)O1)C(C)(C)O. The summed E-state index contributed by atoms with van der Waals surface area (Å²) in [4.78, 5) is 24.9. The summed E-state index contributed by atoms with van der Waals surface area (Å²) < 4.78 is 12.5. The third-order valence-corrected chi connectivity index (χ3v) is 13.7. The molecule has 208 valence electrons. The number of carbonyl (C=O) groups excluding carboxylic acids is 2. The van der Waals surface area contributed by atoms with E-state index in [1.807, 2.05) is 0 Å². The molecule has 1 aliphatic heterocycles. The van der Waals surface area contributed by atoms with Crippen LogP contribution in [0.3, 0.4) is 0 Å². The largest absolute Gasteiger partial charge is 0.457 e. The molecule has 5 saturated carbocycles. The fraction of sp³-hybridized carbons (Fsp3) is 0.938. The standard InChI is InChI=1S/C32H50O5/c1-17-15-23(27(29(6,7)35)36-19(3)33)37-22-16-21-20-9-10-24-28(4,5)25(34)11-12-32(24)18(2)31(20,32)14-13-30(21,8)26(17)22/h17-18,20-24,26-27,35H,9-16H2,1-8H3/t17-,18+,20+,21?,22?,23?,24?,26?,27+,30+,31+,32-/m1/s1. The quantitative estimate of drug-likeness (QED) is 0.471. The molecule has 0 aromatic carbocycles. The topological polar surface area (TPSA) is 72.8 Å². The first-order chi connectivity index (χ1) is 17.1. The maximum atomic E-state index is 13.0. The first-order valence-corrected chi connectivity index (χ1v) is 15.2. The van der Waals surface area contributed by atoms with Gasteiger partial charge in [0.15, 0.2) is 6.10 Å². The number of fused-ring (bicyclic) bond motifs is 4. The van der Waals surface area contributed by atoms with Gasteiger partial charge in [-0.1, -0.05) is 34.6 Å². The van der Waals surface area contributed by atoms with Crippen molar-refractivity contribution in [2.24, 2.45) is 57.2 Å². The minimum atomic E-state index is -1.15. The first kappa shape index (κ1) is 26.3.